The molecule has 0 spiro atoms. The number of aliphatic carboxylic acids is 2. The number of nitrogens with one attached hydrogen (secondary N) is 1. The summed E-state index contributed by atoms with van der Waals surface area (Å²) >= 11 is 0. The summed E-state index contributed by atoms with van der Waals surface area (Å²) in [5, 5.41) is 19.9. The van der Waals surface area contributed by atoms with Gasteiger partial charge in [-0.15, -0.1) is 0 Å². The van der Waals surface area contributed by atoms with E-state index in [-0.39, 0.29) is 39.8 Å². The molecular weight excluding hydrogens is 480 g/mol. The summed E-state index contributed by atoms with van der Waals surface area (Å²) in [7, 11) is -3.00. The minimum Gasteiger partial charge on any atom is -0.480 e. The second-order valence-corrected chi connectivity index (χ2v) is 4.34. The van der Waals surface area contributed by atoms with Gasteiger partial charge in [0.25, 0.3) is 0 Å². The molecule has 0 saturated heterocycles. The molecule has 0 aromatic carbocycles. The van der Waals surface area contributed by atoms with Crippen molar-refractivity contribution in [1.29, 1.82) is 0 Å². The van der Waals surface area contributed by atoms with E-state index in [1.165, 1.54) is 6.92 Å². The molecule has 13 heteroatoms. The quantitative estimate of drug-likeness (QED) is 0.170. The zero-order chi connectivity index (χ0) is 14.3. The summed E-state index contributed by atoms with van der Waals surface area (Å²) in [6, 6.07) is 0. The topological polar surface area (TPSA) is 234 Å². The van der Waals surface area contributed by atoms with Gasteiger partial charge in [-0.1, -0.05) is 0 Å². The average Bonchev–Trinajstić information content (AvgIpc) is 2.10. The van der Waals surface area contributed by atoms with E-state index in [1.54, 1.807) is 7.05 Å². The Hall–Kier alpha value is -0.382. The first-order valence-corrected chi connectivity index (χ1v) is 5.91. The van der Waals surface area contributed by atoms with Crippen molar-refractivity contribution in [2.24, 2.45) is 5.41 Å². The maximum Gasteiger partial charge on any atom is 2.00 e. The molecule has 11 nitrogen and oxygen atoms in total. The molecule has 0 amide bonds. The van der Waals surface area contributed by atoms with Crippen LogP contribution in [0.5, 0.6) is 0 Å². The summed E-state index contributed by atoms with van der Waals surface area (Å²) in [5.41, 5.74) is -1.68. The molecule has 0 atom stereocenters. The molecule has 126 valence electrons. The molecule has 0 heterocycles. The maximum atomic E-state index is 10.6. The van der Waals surface area contributed by atoms with Gasteiger partial charge in [0, 0.05) is 0 Å². The van der Waals surface area contributed by atoms with Gasteiger partial charge >= 0.3 is 40.8 Å². The molecule has 0 aliphatic carbocycles. The Balaban J connectivity index is -0.0000000821. The van der Waals surface area contributed by atoms with E-state index in [9.17, 15) is 9.59 Å². The van der Waals surface area contributed by atoms with Gasteiger partial charge in [-0.2, -0.15) is 0 Å². The molecule has 0 aromatic rings. The SMILES string of the molecule is CNCCC(C)(C(=O)O)C(=O)O.N.N.O=P(O)(O)O.[Pt+2]. The van der Waals surface area contributed by atoms with Crippen LogP contribution in [-0.4, -0.2) is 50.4 Å². The van der Waals surface area contributed by atoms with Crippen molar-refractivity contribution in [3.63, 3.8) is 0 Å². The van der Waals surface area contributed by atoms with E-state index in [0.29, 0.717) is 6.54 Å². The maximum absolute atomic E-state index is 10.6. The molecule has 12 N–H and O–H groups in total. The zero-order valence-electron chi connectivity index (χ0n) is 11.1. The molecule has 0 unspecified atom stereocenters. The van der Waals surface area contributed by atoms with Crippen LogP contribution in [0.15, 0.2) is 0 Å². The smallest absolute Gasteiger partial charge is 0.480 e. The standard InChI is InChI=1S/C7H13NO4.2H3N.H3O4P.Pt/c1-7(5(9)10,6(11)12)3-4-8-2;;;1-5(2,3)4;/h8H,3-4H2,1-2H3,(H,9,10)(H,11,12);2*1H3;(H3,1,2,3,4);/q;;;;+2. The Bertz CT molecular complexity index is 301. The van der Waals surface area contributed by atoms with Crippen LogP contribution >= 0.6 is 7.82 Å². The van der Waals surface area contributed by atoms with E-state index in [2.05, 4.69) is 5.32 Å². The minimum atomic E-state index is -4.64. The summed E-state index contributed by atoms with van der Waals surface area (Å²) < 4.78 is 8.88. The molecule has 0 aliphatic rings. The first-order valence-electron chi connectivity index (χ1n) is 4.35. The second kappa shape index (κ2) is 13.6. The molecule has 0 aliphatic heterocycles. The van der Waals surface area contributed by atoms with Crippen LogP contribution in [-0.2, 0) is 35.2 Å². The third-order valence-electron chi connectivity index (χ3n) is 1.82. The molecular formula is C7H22N3O8PPt+2. The zero-order valence-corrected chi connectivity index (χ0v) is 14.2. The van der Waals surface area contributed by atoms with Crippen LogP contribution in [0.3, 0.4) is 0 Å². The molecule has 20 heavy (non-hydrogen) atoms. The van der Waals surface area contributed by atoms with Crippen LogP contribution in [0.1, 0.15) is 13.3 Å². The van der Waals surface area contributed by atoms with Crippen molar-refractivity contribution in [1.82, 2.24) is 17.6 Å². The fourth-order valence-electron chi connectivity index (χ4n) is 0.680. The van der Waals surface area contributed by atoms with Crippen molar-refractivity contribution in [3.05, 3.63) is 0 Å². The summed E-state index contributed by atoms with van der Waals surface area (Å²) in [5.74, 6) is -2.60. The first-order chi connectivity index (χ1) is 7.45. The first kappa shape index (κ1) is 31.8. The largest absolute Gasteiger partial charge is 2.00 e. The number of carbonyl (C=O) groups is 2. The van der Waals surface area contributed by atoms with Gasteiger partial charge < -0.3 is 42.5 Å². The van der Waals surface area contributed by atoms with Gasteiger partial charge in [-0.05, 0) is 26.9 Å². The van der Waals surface area contributed by atoms with Crippen LogP contribution in [0, 0.1) is 5.41 Å². The number of rotatable bonds is 5. The Morgan fingerprint density at radius 3 is 1.50 bits per heavy atom. The van der Waals surface area contributed by atoms with Crippen LogP contribution in [0.4, 0.5) is 0 Å². The molecule has 0 rings (SSSR count). The van der Waals surface area contributed by atoms with Gasteiger partial charge in [0.15, 0.2) is 5.41 Å². The third kappa shape index (κ3) is 17.6. The predicted molar refractivity (Wildman–Crippen MR) is 66.2 cm³/mol. The molecule has 0 saturated carbocycles. The summed E-state index contributed by atoms with van der Waals surface area (Å²) in [4.78, 5) is 42.7. The third-order valence-corrected chi connectivity index (χ3v) is 1.82. The number of phosphoric acid groups is 1. The Labute approximate surface area is 130 Å². The van der Waals surface area contributed by atoms with E-state index in [4.69, 9.17) is 29.5 Å². The molecule has 0 radical (unpaired) electrons. The molecule has 0 aromatic heterocycles. The Morgan fingerprint density at radius 2 is 1.35 bits per heavy atom. The van der Waals surface area contributed by atoms with Crippen molar-refractivity contribution in [3.8, 4) is 0 Å². The number of hydrogen-bond acceptors (Lipinski definition) is 6. The predicted octanol–water partition coefficient (Wildman–Crippen LogP) is -0.836. The van der Waals surface area contributed by atoms with E-state index >= 15 is 0 Å². The fourth-order valence-corrected chi connectivity index (χ4v) is 0.680. The van der Waals surface area contributed by atoms with Crippen molar-refractivity contribution >= 4 is 19.8 Å². The van der Waals surface area contributed by atoms with Gasteiger partial charge in [-0.25, -0.2) is 4.57 Å². The number of carboxylic acids is 2. The van der Waals surface area contributed by atoms with Gasteiger partial charge in [-0.3, -0.25) is 9.59 Å². The Kier molecular flexibility index (Phi) is 21.6. The van der Waals surface area contributed by atoms with Crippen molar-refractivity contribution in [2.45, 2.75) is 13.3 Å². The number of hydrogen-bond donors (Lipinski definition) is 8. The van der Waals surface area contributed by atoms with Crippen LogP contribution in [0.2, 0.25) is 0 Å². The van der Waals surface area contributed by atoms with E-state index in [0.717, 1.165) is 0 Å². The van der Waals surface area contributed by atoms with Crippen molar-refractivity contribution in [2.75, 3.05) is 13.6 Å². The normalized spacial score (nSPS) is 9.65. The van der Waals surface area contributed by atoms with E-state index in [1.807, 2.05) is 0 Å². The summed E-state index contributed by atoms with van der Waals surface area (Å²) in [6.45, 7) is 1.57. The van der Waals surface area contributed by atoms with Gasteiger partial charge in [0.2, 0.25) is 0 Å². The monoisotopic (exact) mass is 502 g/mol. The van der Waals surface area contributed by atoms with Crippen LogP contribution in [0.25, 0.3) is 0 Å². The van der Waals surface area contributed by atoms with Crippen molar-refractivity contribution < 1.29 is 60.1 Å². The summed E-state index contributed by atoms with van der Waals surface area (Å²) in [6.07, 6.45) is 0.0775. The fraction of sp³-hybridized carbons (Fsp3) is 0.714. The van der Waals surface area contributed by atoms with Gasteiger partial charge in [0.05, 0.1) is 0 Å². The van der Waals surface area contributed by atoms with Gasteiger partial charge in [0.1, 0.15) is 0 Å². The molecule has 0 bridgehead atoms. The van der Waals surface area contributed by atoms with E-state index < -0.39 is 25.2 Å². The minimum absolute atomic E-state index is 0. The molecule has 0 fully saturated rings. The average molecular weight is 502 g/mol. The van der Waals surface area contributed by atoms with Crippen LogP contribution < -0.4 is 17.6 Å². The second-order valence-electron chi connectivity index (χ2n) is 3.31. The number of carboxylic acid groups (broad SMARTS) is 2. The Morgan fingerprint density at radius 1 is 1.10 bits per heavy atom.